The number of benzene rings is 1. The van der Waals surface area contributed by atoms with Gasteiger partial charge in [0, 0.05) is 31.5 Å². The number of rotatable bonds is 4. The van der Waals surface area contributed by atoms with E-state index in [1.807, 2.05) is 0 Å². The van der Waals surface area contributed by atoms with Gasteiger partial charge in [0.1, 0.15) is 5.82 Å². The van der Waals surface area contributed by atoms with E-state index in [1.165, 1.54) is 18.3 Å². The summed E-state index contributed by atoms with van der Waals surface area (Å²) >= 11 is 0. The standard InChI is InChI=1S/C19H20FN3O2/c20-16-5-1-3-14(11-16)12-18(24)23-9-6-17(7-10-23)22-19(25)15-4-2-8-21-13-15/h1-5,8,11,13,17H,6-7,9-10,12H2,(H,22,25). The van der Waals surface area contributed by atoms with Gasteiger partial charge in [0.05, 0.1) is 12.0 Å². The smallest absolute Gasteiger partial charge is 0.253 e. The minimum absolute atomic E-state index is 0.0114. The summed E-state index contributed by atoms with van der Waals surface area (Å²) in [5.41, 5.74) is 1.21. The first-order chi connectivity index (χ1) is 12.1. The molecule has 1 aromatic carbocycles. The summed E-state index contributed by atoms with van der Waals surface area (Å²) in [5.74, 6) is -0.484. The quantitative estimate of drug-likeness (QED) is 0.927. The third-order valence-electron chi connectivity index (χ3n) is 4.35. The molecule has 0 atom stereocenters. The highest BCUT2D eigenvalue weighted by Gasteiger charge is 2.24. The third kappa shape index (κ3) is 4.62. The summed E-state index contributed by atoms with van der Waals surface area (Å²) in [4.78, 5) is 30.2. The van der Waals surface area contributed by atoms with Crippen LogP contribution in [0.2, 0.25) is 0 Å². The molecule has 1 fully saturated rings. The summed E-state index contributed by atoms with van der Waals surface area (Å²) in [5, 5.41) is 2.99. The van der Waals surface area contributed by atoms with E-state index in [1.54, 1.807) is 35.4 Å². The van der Waals surface area contributed by atoms with Gasteiger partial charge in [-0.1, -0.05) is 12.1 Å². The average molecular weight is 341 g/mol. The summed E-state index contributed by atoms with van der Waals surface area (Å²) in [7, 11) is 0. The lowest BCUT2D eigenvalue weighted by atomic mass is 10.0. The summed E-state index contributed by atoms with van der Waals surface area (Å²) in [6.07, 6.45) is 4.78. The van der Waals surface area contributed by atoms with Crippen molar-refractivity contribution in [2.45, 2.75) is 25.3 Å². The van der Waals surface area contributed by atoms with Crippen LogP contribution in [0, 0.1) is 5.82 Å². The van der Waals surface area contributed by atoms with Crippen molar-refractivity contribution in [1.82, 2.24) is 15.2 Å². The van der Waals surface area contributed by atoms with Crippen molar-refractivity contribution in [2.75, 3.05) is 13.1 Å². The molecule has 0 aliphatic carbocycles. The fourth-order valence-corrected chi connectivity index (χ4v) is 2.97. The minimum Gasteiger partial charge on any atom is -0.349 e. The van der Waals surface area contributed by atoms with E-state index < -0.39 is 0 Å². The van der Waals surface area contributed by atoms with Crippen molar-refractivity contribution in [1.29, 1.82) is 0 Å². The number of amides is 2. The van der Waals surface area contributed by atoms with Crippen LogP contribution in [-0.2, 0) is 11.2 Å². The van der Waals surface area contributed by atoms with Crippen LogP contribution in [0.15, 0.2) is 48.8 Å². The van der Waals surface area contributed by atoms with Crippen LogP contribution in [-0.4, -0.2) is 40.8 Å². The van der Waals surface area contributed by atoms with E-state index >= 15 is 0 Å². The Balaban J connectivity index is 1.48. The molecule has 0 saturated carbocycles. The number of carbonyl (C=O) groups excluding carboxylic acids is 2. The zero-order valence-corrected chi connectivity index (χ0v) is 13.8. The first-order valence-electron chi connectivity index (χ1n) is 8.35. The van der Waals surface area contributed by atoms with Crippen molar-refractivity contribution in [3.63, 3.8) is 0 Å². The molecule has 1 aliphatic heterocycles. The second-order valence-electron chi connectivity index (χ2n) is 6.18. The van der Waals surface area contributed by atoms with Crippen LogP contribution >= 0.6 is 0 Å². The highest BCUT2D eigenvalue weighted by atomic mass is 19.1. The maximum Gasteiger partial charge on any atom is 0.253 e. The van der Waals surface area contributed by atoms with E-state index in [0.717, 1.165) is 0 Å². The number of hydrogen-bond donors (Lipinski definition) is 1. The number of carbonyl (C=O) groups is 2. The minimum atomic E-state index is -0.331. The average Bonchev–Trinajstić information content (AvgIpc) is 2.63. The lowest BCUT2D eigenvalue weighted by Gasteiger charge is -2.32. The number of pyridine rings is 1. The van der Waals surface area contributed by atoms with Gasteiger partial charge >= 0.3 is 0 Å². The fourth-order valence-electron chi connectivity index (χ4n) is 2.97. The molecule has 1 saturated heterocycles. The third-order valence-corrected chi connectivity index (χ3v) is 4.35. The van der Waals surface area contributed by atoms with Crippen LogP contribution in [0.4, 0.5) is 4.39 Å². The van der Waals surface area contributed by atoms with Crippen LogP contribution in [0.5, 0.6) is 0 Å². The molecular formula is C19H20FN3O2. The van der Waals surface area contributed by atoms with Crippen LogP contribution < -0.4 is 5.32 Å². The van der Waals surface area contributed by atoms with Crippen molar-refractivity contribution in [3.05, 3.63) is 65.7 Å². The topological polar surface area (TPSA) is 62.3 Å². The first kappa shape index (κ1) is 17.1. The summed E-state index contributed by atoms with van der Waals surface area (Å²) in [6.45, 7) is 1.18. The van der Waals surface area contributed by atoms with E-state index in [0.29, 0.717) is 37.1 Å². The number of nitrogens with one attached hydrogen (secondary N) is 1. The van der Waals surface area contributed by atoms with E-state index in [9.17, 15) is 14.0 Å². The van der Waals surface area contributed by atoms with Crippen molar-refractivity contribution in [2.24, 2.45) is 0 Å². The number of likely N-dealkylation sites (tertiary alicyclic amines) is 1. The van der Waals surface area contributed by atoms with Crippen molar-refractivity contribution >= 4 is 11.8 Å². The summed E-state index contributed by atoms with van der Waals surface area (Å²) in [6, 6.07) is 9.61. The van der Waals surface area contributed by atoms with E-state index in [4.69, 9.17) is 0 Å². The van der Waals surface area contributed by atoms with Gasteiger partial charge in [-0.3, -0.25) is 14.6 Å². The second kappa shape index (κ2) is 7.88. The molecule has 1 N–H and O–H groups in total. The van der Waals surface area contributed by atoms with Gasteiger partial charge < -0.3 is 10.2 Å². The Kier molecular flexibility index (Phi) is 5.38. The molecule has 0 spiro atoms. The number of hydrogen-bond acceptors (Lipinski definition) is 3. The monoisotopic (exact) mass is 341 g/mol. The first-order valence-corrected chi connectivity index (χ1v) is 8.35. The van der Waals surface area contributed by atoms with Gasteiger partial charge in [-0.05, 0) is 42.7 Å². The van der Waals surface area contributed by atoms with Gasteiger partial charge in [-0.15, -0.1) is 0 Å². The SMILES string of the molecule is O=C(NC1CCN(C(=O)Cc2cccc(F)c2)CC1)c1cccnc1. The molecule has 5 nitrogen and oxygen atoms in total. The molecule has 3 rings (SSSR count). The van der Waals surface area contributed by atoms with Crippen LogP contribution in [0.3, 0.4) is 0 Å². The molecule has 2 amide bonds. The Morgan fingerprint density at radius 1 is 1.20 bits per heavy atom. The lowest BCUT2D eigenvalue weighted by molar-refractivity contribution is -0.131. The number of nitrogens with zero attached hydrogens (tertiary/aromatic N) is 2. The number of aromatic nitrogens is 1. The fraction of sp³-hybridized carbons (Fsp3) is 0.316. The van der Waals surface area contributed by atoms with Gasteiger partial charge in [-0.25, -0.2) is 4.39 Å². The number of halogens is 1. The Morgan fingerprint density at radius 3 is 2.68 bits per heavy atom. The molecule has 130 valence electrons. The largest absolute Gasteiger partial charge is 0.349 e. The molecule has 6 heteroatoms. The molecule has 1 aromatic heterocycles. The molecule has 0 unspecified atom stereocenters. The van der Waals surface area contributed by atoms with Crippen molar-refractivity contribution < 1.29 is 14.0 Å². The van der Waals surface area contributed by atoms with Gasteiger partial charge in [-0.2, -0.15) is 0 Å². The predicted octanol–water partition coefficient (Wildman–Crippen LogP) is 2.18. The molecular weight excluding hydrogens is 321 g/mol. The molecule has 0 radical (unpaired) electrons. The Bertz CT molecular complexity index is 743. The second-order valence-corrected chi connectivity index (χ2v) is 6.18. The zero-order chi connectivity index (χ0) is 17.6. The lowest BCUT2D eigenvalue weighted by Crippen LogP contribution is -2.47. The predicted molar refractivity (Wildman–Crippen MR) is 91.4 cm³/mol. The van der Waals surface area contributed by atoms with Gasteiger partial charge in [0.2, 0.25) is 5.91 Å². The van der Waals surface area contributed by atoms with Crippen LogP contribution in [0.1, 0.15) is 28.8 Å². The van der Waals surface area contributed by atoms with Gasteiger partial charge in [0.25, 0.3) is 5.91 Å². The molecule has 1 aliphatic rings. The summed E-state index contributed by atoms with van der Waals surface area (Å²) < 4.78 is 13.2. The van der Waals surface area contributed by atoms with E-state index in [2.05, 4.69) is 10.3 Å². The Labute approximate surface area is 145 Å². The molecule has 2 aromatic rings. The molecule has 2 heterocycles. The maximum atomic E-state index is 13.2. The number of piperidine rings is 1. The Hall–Kier alpha value is -2.76. The van der Waals surface area contributed by atoms with Gasteiger partial charge in [0.15, 0.2) is 0 Å². The van der Waals surface area contributed by atoms with Crippen molar-refractivity contribution in [3.8, 4) is 0 Å². The normalized spacial score (nSPS) is 15.0. The van der Waals surface area contributed by atoms with Crippen LogP contribution in [0.25, 0.3) is 0 Å². The molecule has 25 heavy (non-hydrogen) atoms. The highest BCUT2D eigenvalue weighted by molar-refractivity contribution is 5.94. The molecule has 0 bridgehead atoms. The maximum absolute atomic E-state index is 13.2. The Morgan fingerprint density at radius 2 is 2.00 bits per heavy atom. The zero-order valence-electron chi connectivity index (χ0n) is 13.8. The van der Waals surface area contributed by atoms with E-state index in [-0.39, 0.29) is 30.1 Å². The highest BCUT2D eigenvalue weighted by Crippen LogP contribution is 2.14.